The Morgan fingerprint density at radius 2 is 1.83 bits per heavy atom. The van der Waals surface area contributed by atoms with Crippen molar-refractivity contribution >= 4 is 0 Å². The minimum Gasteiger partial charge on any atom is -0.313 e. The monoisotopic (exact) mass is 245 g/mol. The largest absolute Gasteiger partial charge is 0.313 e. The fourth-order valence-electron chi connectivity index (χ4n) is 3.58. The molecule has 0 heterocycles. The summed E-state index contributed by atoms with van der Waals surface area (Å²) < 4.78 is 0. The summed E-state index contributed by atoms with van der Waals surface area (Å²) in [7, 11) is 2.12. The molecule has 1 aromatic carbocycles. The number of hydrogen-bond acceptors (Lipinski definition) is 1. The topological polar surface area (TPSA) is 12.0 Å². The van der Waals surface area contributed by atoms with Gasteiger partial charge in [0.1, 0.15) is 0 Å². The van der Waals surface area contributed by atoms with Gasteiger partial charge in [-0.05, 0) is 37.8 Å². The van der Waals surface area contributed by atoms with Gasteiger partial charge in [-0.25, -0.2) is 0 Å². The van der Waals surface area contributed by atoms with Crippen LogP contribution in [0.2, 0.25) is 0 Å². The van der Waals surface area contributed by atoms with Gasteiger partial charge in [-0.1, -0.05) is 62.4 Å². The molecule has 0 aromatic heterocycles. The summed E-state index contributed by atoms with van der Waals surface area (Å²) in [6.07, 6.45) is 6.97. The molecule has 3 atom stereocenters. The summed E-state index contributed by atoms with van der Waals surface area (Å²) in [5.41, 5.74) is 2.82. The Morgan fingerprint density at radius 1 is 1.17 bits per heavy atom. The van der Waals surface area contributed by atoms with Gasteiger partial charge in [0.25, 0.3) is 0 Å². The van der Waals surface area contributed by atoms with Crippen molar-refractivity contribution in [2.75, 3.05) is 7.05 Å². The molecular formula is C17H27N. The molecule has 1 aliphatic carbocycles. The SMILES string of the molecule is CCC1CCCCC1C(NC)c1ccc(C)cc1. The van der Waals surface area contributed by atoms with Gasteiger partial charge < -0.3 is 5.32 Å². The molecule has 0 radical (unpaired) electrons. The normalized spacial score (nSPS) is 25.9. The van der Waals surface area contributed by atoms with Gasteiger partial charge in [-0.2, -0.15) is 0 Å². The van der Waals surface area contributed by atoms with E-state index in [2.05, 4.69) is 50.5 Å². The van der Waals surface area contributed by atoms with E-state index in [1.54, 1.807) is 0 Å². The molecule has 18 heavy (non-hydrogen) atoms. The maximum absolute atomic E-state index is 3.57. The molecule has 0 aliphatic heterocycles. The molecule has 1 aromatic rings. The Bertz CT molecular complexity index is 354. The maximum atomic E-state index is 3.57. The van der Waals surface area contributed by atoms with Gasteiger partial charge in [0.15, 0.2) is 0 Å². The number of aryl methyl sites for hydroxylation is 1. The molecule has 1 saturated carbocycles. The average molecular weight is 245 g/mol. The Hall–Kier alpha value is -0.820. The van der Waals surface area contributed by atoms with Crippen LogP contribution in [0.25, 0.3) is 0 Å². The summed E-state index contributed by atoms with van der Waals surface area (Å²) in [4.78, 5) is 0. The first-order chi connectivity index (χ1) is 8.76. The third kappa shape index (κ3) is 2.95. The van der Waals surface area contributed by atoms with Gasteiger partial charge >= 0.3 is 0 Å². The quantitative estimate of drug-likeness (QED) is 0.825. The van der Waals surface area contributed by atoms with E-state index in [-0.39, 0.29) is 0 Å². The summed E-state index contributed by atoms with van der Waals surface area (Å²) in [5.74, 6) is 1.72. The highest BCUT2D eigenvalue weighted by atomic mass is 14.9. The van der Waals surface area contributed by atoms with Crippen LogP contribution in [-0.2, 0) is 0 Å². The van der Waals surface area contributed by atoms with Gasteiger partial charge in [-0.3, -0.25) is 0 Å². The lowest BCUT2D eigenvalue weighted by Gasteiger charge is -2.37. The second-order valence-corrected chi connectivity index (χ2v) is 5.79. The van der Waals surface area contributed by atoms with Gasteiger partial charge in [-0.15, -0.1) is 0 Å². The number of benzene rings is 1. The second kappa shape index (κ2) is 6.38. The van der Waals surface area contributed by atoms with E-state index in [4.69, 9.17) is 0 Å². The summed E-state index contributed by atoms with van der Waals surface area (Å²) in [6, 6.07) is 9.62. The van der Waals surface area contributed by atoms with Crippen molar-refractivity contribution in [3.05, 3.63) is 35.4 Å². The lowest BCUT2D eigenvalue weighted by Crippen LogP contribution is -2.32. The molecular weight excluding hydrogens is 218 g/mol. The Morgan fingerprint density at radius 3 is 2.44 bits per heavy atom. The van der Waals surface area contributed by atoms with Gasteiger partial charge in [0, 0.05) is 6.04 Å². The number of hydrogen-bond donors (Lipinski definition) is 1. The molecule has 1 nitrogen and oxygen atoms in total. The van der Waals surface area contributed by atoms with Crippen LogP contribution in [0.5, 0.6) is 0 Å². The fraction of sp³-hybridized carbons (Fsp3) is 0.647. The standard InChI is InChI=1S/C17H27N/c1-4-14-7-5-6-8-16(14)17(18-3)15-11-9-13(2)10-12-15/h9-12,14,16-18H,4-8H2,1-3H3. The van der Waals surface area contributed by atoms with Gasteiger partial charge in [0.2, 0.25) is 0 Å². The molecule has 0 amide bonds. The van der Waals surface area contributed by atoms with E-state index < -0.39 is 0 Å². The van der Waals surface area contributed by atoms with E-state index in [9.17, 15) is 0 Å². The maximum Gasteiger partial charge on any atom is 0.0348 e. The van der Waals surface area contributed by atoms with Crippen molar-refractivity contribution in [2.45, 2.75) is 52.0 Å². The van der Waals surface area contributed by atoms with E-state index >= 15 is 0 Å². The highest BCUT2D eigenvalue weighted by Gasteiger charge is 2.30. The van der Waals surface area contributed by atoms with Crippen LogP contribution in [0, 0.1) is 18.8 Å². The molecule has 2 rings (SSSR count). The Kier molecular flexibility index (Phi) is 4.82. The fourth-order valence-corrected chi connectivity index (χ4v) is 3.58. The smallest absolute Gasteiger partial charge is 0.0348 e. The first-order valence-corrected chi connectivity index (χ1v) is 7.50. The minimum absolute atomic E-state index is 0.538. The van der Waals surface area contributed by atoms with Crippen molar-refractivity contribution in [3.63, 3.8) is 0 Å². The molecule has 0 saturated heterocycles. The van der Waals surface area contributed by atoms with Crippen LogP contribution in [0.15, 0.2) is 24.3 Å². The van der Waals surface area contributed by atoms with E-state index in [0.717, 1.165) is 11.8 Å². The van der Waals surface area contributed by atoms with E-state index in [1.807, 2.05) is 0 Å². The van der Waals surface area contributed by atoms with Crippen molar-refractivity contribution in [3.8, 4) is 0 Å². The lowest BCUT2D eigenvalue weighted by molar-refractivity contribution is 0.180. The Labute approximate surface area is 112 Å². The minimum atomic E-state index is 0.538. The first kappa shape index (κ1) is 13.6. The van der Waals surface area contributed by atoms with E-state index in [1.165, 1.54) is 43.2 Å². The Balaban J connectivity index is 2.18. The van der Waals surface area contributed by atoms with Gasteiger partial charge in [0.05, 0.1) is 0 Å². The zero-order valence-electron chi connectivity index (χ0n) is 12.1. The van der Waals surface area contributed by atoms with Crippen LogP contribution in [0.1, 0.15) is 56.2 Å². The van der Waals surface area contributed by atoms with Crippen molar-refractivity contribution in [1.82, 2.24) is 5.32 Å². The predicted molar refractivity (Wildman–Crippen MR) is 78.7 cm³/mol. The molecule has 1 aliphatic rings. The van der Waals surface area contributed by atoms with Crippen LogP contribution in [0.4, 0.5) is 0 Å². The summed E-state index contributed by atoms with van der Waals surface area (Å²) in [6.45, 7) is 4.51. The molecule has 0 bridgehead atoms. The third-order valence-corrected chi connectivity index (χ3v) is 4.67. The third-order valence-electron chi connectivity index (χ3n) is 4.67. The summed E-state index contributed by atoms with van der Waals surface area (Å²) >= 11 is 0. The number of rotatable bonds is 4. The molecule has 100 valence electrons. The van der Waals surface area contributed by atoms with Crippen LogP contribution >= 0.6 is 0 Å². The van der Waals surface area contributed by atoms with Crippen LogP contribution < -0.4 is 5.32 Å². The molecule has 3 unspecified atom stereocenters. The zero-order chi connectivity index (χ0) is 13.0. The van der Waals surface area contributed by atoms with Crippen molar-refractivity contribution in [1.29, 1.82) is 0 Å². The molecule has 1 fully saturated rings. The van der Waals surface area contributed by atoms with Crippen LogP contribution in [-0.4, -0.2) is 7.05 Å². The number of nitrogens with one attached hydrogen (secondary N) is 1. The van der Waals surface area contributed by atoms with E-state index in [0.29, 0.717) is 6.04 Å². The summed E-state index contributed by atoms with van der Waals surface area (Å²) in [5, 5.41) is 3.57. The van der Waals surface area contributed by atoms with Crippen molar-refractivity contribution < 1.29 is 0 Å². The zero-order valence-corrected chi connectivity index (χ0v) is 12.1. The predicted octanol–water partition coefficient (Wildman–Crippen LogP) is 4.47. The highest BCUT2D eigenvalue weighted by Crippen LogP contribution is 2.40. The lowest BCUT2D eigenvalue weighted by atomic mass is 9.72. The molecule has 1 N–H and O–H groups in total. The molecule has 0 spiro atoms. The first-order valence-electron chi connectivity index (χ1n) is 7.50. The average Bonchev–Trinajstić information content (AvgIpc) is 2.42. The van der Waals surface area contributed by atoms with Crippen LogP contribution in [0.3, 0.4) is 0 Å². The second-order valence-electron chi connectivity index (χ2n) is 5.79. The molecule has 1 heteroatoms. The highest BCUT2D eigenvalue weighted by molar-refractivity contribution is 5.25. The van der Waals surface area contributed by atoms with Crippen molar-refractivity contribution in [2.24, 2.45) is 11.8 Å².